The van der Waals surface area contributed by atoms with Crippen LogP contribution in [0.2, 0.25) is 0 Å². The van der Waals surface area contributed by atoms with Gasteiger partial charge in [0.05, 0.1) is 17.3 Å². The molecule has 0 spiro atoms. The molecule has 0 saturated carbocycles. The average molecular weight is 434 g/mol. The van der Waals surface area contributed by atoms with E-state index in [0.717, 1.165) is 42.6 Å². The van der Waals surface area contributed by atoms with Crippen LogP contribution < -0.4 is 15.8 Å². The minimum absolute atomic E-state index is 0.00527. The van der Waals surface area contributed by atoms with Crippen molar-refractivity contribution in [2.24, 2.45) is 22.1 Å². The third kappa shape index (κ3) is 7.00. The largest absolute Gasteiger partial charge is 0.489 e. The second kappa shape index (κ2) is 11.0. The van der Waals surface area contributed by atoms with Gasteiger partial charge < -0.3 is 20.7 Å². The SMILES string of the molecule is CC1CCCN(/C(=N\c2ccc(OCc3ccc(C#N)cc3)cc2)NCC(C)(C)CN)C1. The first-order valence-electron chi connectivity index (χ1n) is 11.4. The minimum atomic E-state index is 0.00527. The molecule has 32 heavy (non-hydrogen) atoms. The van der Waals surface area contributed by atoms with Crippen LogP contribution in [0.15, 0.2) is 53.5 Å². The Balaban J connectivity index is 1.67. The van der Waals surface area contributed by atoms with Crippen molar-refractivity contribution < 1.29 is 4.74 Å². The van der Waals surface area contributed by atoms with Crippen LogP contribution in [0.1, 0.15) is 44.7 Å². The smallest absolute Gasteiger partial charge is 0.199 e. The van der Waals surface area contributed by atoms with E-state index in [1.165, 1.54) is 12.8 Å². The number of nitrogens with two attached hydrogens (primary N) is 1. The number of hydrogen-bond donors (Lipinski definition) is 2. The van der Waals surface area contributed by atoms with Gasteiger partial charge >= 0.3 is 0 Å². The van der Waals surface area contributed by atoms with Crippen LogP contribution in [0.5, 0.6) is 5.75 Å². The van der Waals surface area contributed by atoms with Gasteiger partial charge in [0.25, 0.3) is 0 Å². The highest BCUT2D eigenvalue weighted by Crippen LogP contribution is 2.22. The number of rotatable bonds is 7. The number of nitrogens with zero attached hydrogens (tertiary/aromatic N) is 3. The predicted octanol–water partition coefficient (Wildman–Crippen LogP) is 4.43. The maximum atomic E-state index is 8.90. The van der Waals surface area contributed by atoms with E-state index >= 15 is 0 Å². The van der Waals surface area contributed by atoms with Gasteiger partial charge in [-0.1, -0.05) is 32.9 Å². The number of likely N-dealkylation sites (tertiary alicyclic amines) is 1. The normalized spacial score (nSPS) is 17.0. The van der Waals surface area contributed by atoms with Gasteiger partial charge in [-0.2, -0.15) is 5.26 Å². The highest BCUT2D eigenvalue weighted by atomic mass is 16.5. The predicted molar refractivity (Wildman–Crippen MR) is 130 cm³/mol. The Morgan fingerprint density at radius 1 is 1.22 bits per heavy atom. The lowest BCUT2D eigenvalue weighted by Gasteiger charge is -2.35. The van der Waals surface area contributed by atoms with E-state index in [4.69, 9.17) is 20.7 Å². The summed E-state index contributed by atoms with van der Waals surface area (Å²) in [4.78, 5) is 7.29. The molecule has 1 aliphatic heterocycles. The van der Waals surface area contributed by atoms with Gasteiger partial charge in [0, 0.05) is 19.6 Å². The topological polar surface area (TPSA) is 86.7 Å². The van der Waals surface area contributed by atoms with Gasteiger partial charge in [0.2, 0.25) is 0 Å². The Labute approximate surface area is 192 Å². The molecule has 170 valence electrons. The second-order valence-corrected chi connectivity index (χ2v) is 9.44. The van der Waals surface area contributed by atoms with Crippen LogP contribution in [0.3, 0.4) is 0 Å². The van der Waals surface area contributed by atoms with Crippen LogP contribution >= 0.6 is 0 Å². The molecule has 1 heterocycles. The van der Waals surface area contributed by atoms with Crippen molar-refractivity contribution in [3.8, 4) is 11.8 Å². The van der Waals surface area contributed by atoms with Crippen molar-refractivity contribution in [3.63, 3.8) is 0 Å². The first kappa shape index (κ1) is 23.6. The molecule has 1 aliphatic rings. The summed E-state index contributed by atoms with van der Waals surface area (Å²) in [6.45, 7) is 10.5. The van der Waals surface area contributed by atoms with E-state index in [2.05, 4.69) is 37.1 Å². The highest BCUT2D eigenvalue weighted by Gasteiger charge is 2.22. The van der Waals surface area contributed by atoms with Crippen LogP contribution in [0.25, 0.3) is 0 Å². The molecule has 6 heteroatoms. The van der Waals surface area contributed by atoms with Crippen molar-refractivity contribution in [1.82, 2.24) is 10.2 Å². The molecular formula is C26H35N5O. The van der Waals surface area contributed by atoms with Crippen molar-refractivity contribution in [2.45, 2.75) is 40.2 Å². The molecule has 1 atom stereocenters. The molecular weight excluding hydrogens is 398 g/mol. The lowest BCUT2D eigenvalue weighted by molar-refractivity contribution is 0.261. The Kier molecular flexibility index (Phi) is 8.13. The van der Waals surface area contributed by atoms with Gasteiger partial charge in [-0.25, -0.2) is 4.99 Å². The number of aliphatic imine (C=N–C) groups is 1. The highest BCUT2D eigenvalue weighted by molar-refractivity contribution is 5.83. The van der Waals surface area contributed by atoms with E-state index in [-0.39, 0.29) is 5.41 Å². The fourth-order valence-corrected chi connectivity index (χ4v) is 3.58. The Hall–Kier alpha value is -3.04. The van der Waals surface area contributed by atoms with E-state index in [0.29, 0.717) is 24.6 Å². The Morgan fingerprint density at radius 2 is 1.94 bits per heavy atom. The monoisotopic (exact) mass is 433 g/mol. The van der Waals surface area contributed by atoms with Crippen molar-refractivity contribution >= 4 is 11.6 Å². The van der Waals surface area contributed by atoms with E-state index in [1.807, 2.05) is 36.4 Å². The average Bonchev–Trinajstić information content (AvgIpc) is 2.81. The van der Waals surface area contributed by atoms with Gasteiger partial charge in [-0.15, -0.1) is 0 Å². The number of guanidine groups is 1. The molecule has 0 bridgehead atoms. The summed E-state index contributed by atoms with van der Waals surface area (Å²) in [5.41, 5.74) is 8.50. The number of hydrogen-bond acceptors (Lipinski definition) is 4. The number of nitrogens with one attached hydrogen (secondary N) is 1. The van der Waals surface area contributed by atoms with E-state index < -0.39 is 0 Å². The van der Waals surface area contributed by atoms with Crippen molar-refractivity contribution in [3.05, 3.63) is 59.7 Å². The quantitative estimate of drug-likeness (QED) is 0.498. The number of ether oxygens (including phenoxy) is 1. The molecule has 1 fully saturated rings. The van der Waals surface area contributed by atoms with Crippen molar-refractivity contribution in [2.75, 3.05) is 26.2 Å². The molecule has 3 rings (SSSR count). The molecule has 3 N–H and O–H groups in total. The summed E-state index contributed by atoms with van der Waals surface area (Å²) in [6, 6.07) is 17.4. The van der Waals surface area contributed by atoms with E-state index in [9.17, 15) is 0 Å². The minimum Gasteiger partial charge on any atom is -0.489 e. The van der Waals surface area contributed by atoms with Gasteiger partial charge in [0.1, 0.15) is 12.4 Å². The first-order chi connectivity index (χ1) is 15.4. The van der Waals surface area contributed by atoms with Crippen molar-refractivity contribution in [1.29, 1.82) is 5.26 Å². The van der Waals surface area contributed by atoms with Crippen LogP contribution in [-0.2, 0) is 6.61 Å². The fraction of sp³-hybridized carbons (Fsp3) is 0.462. The third-order valence-corrected chi connectivity index (χ3v) is 5.79. The summed E-state index contributed by atoms with van der Waals surface area (Å²) in [7, 11) is 0. The number of benzene rings is 2. The van der Waals surface area contributed by atoms with Crippen LogP contribution in [0, 0.1) is 22.7 Å². The first-order valence-corrected chi connectivity index (χ1v) is 11.4. The van der Waals surface area contributed by atoms with E-state index in [1.54, 1.807) is 12.1 Å². The zero-order chi connectivity index (χ0) is 23.0. The molecule has 0 aliphatic carbocycles. The zero-order valence-electron chi connectivity index (χ0n) is 19.5. The van der Waals surface area contributed by atoms with Crippen LogP contribution in [-0.4, -0.2) is 37.0 Å². The molecule has 1 saturated heterocycles. The molecule has 6 nitrogen and oxygen atoms in total. The fourth-order valence-electron chi connectivity index (χ4n) is 3.58. The molecule has 0 amide bonds. The summed E-state index contributed by atoms with van der Waals surface area (Å²) in [5.74, 6) is 2.37. The lowest BCUT2D eigenvalue weighted by Crippen LogP contribution is -2.49. The molecule has 0 radical (unpaired) electrons. The summed E-state index contributed by atoms with van der Waals surface area (Å²) in [5, 5.41) is 12.5. The number of piperidine rings is 1. The lowest BCUT2D eigenvalue weighted by atomic mass is 9.94. The van der Waals surface area contributed by atoms with Gasteiger partial charge in [-0.05, 0) is 72.7 Å². The second-order valence-electron chi connectivity index (χ2n) is 9.44. The molecule has 0 aromatic heterocycles. The molecule has 1 unspecified atom stereocenters. The van der Waals surface area contributed by atoms with Crippen LogP contribution in [0.4, 0.5) is 5.69 Å². The zero-order valence-corrected chi connectivity index (χ0v) is 19.5. The summed E-state index contributed by atoms with van der Waals surface area (Å²) in [6.07, 6.45) is 2.45. The Bertz CT molecular complexity index is 928. The summed E-state index contributed by atoms with van der Waals surface area (Å²) >= 11 is 0. The molecule has 2 aromatic rings. The summed E-state index contributed by atoms with van der Waals surface area (Å²) < 4.78 is 5.89. The maximum Gasteiger partial charge on any atom is 0.199 e. The third-order valence-electron chi connectivity index (χ3n) is 5.79. The Morgan fingerprint density at radius 3 is 2.56 bits per heavy atom. The standard InChI is InChI=1S/C26H35N5O/c1-20-5-4-14-31(16-20)25(29-19-26(2,3)18-28)30-23-10-12-24(13-11-23)32-17-22-8-6-21(15-27)7-9-22/h6-13,20H,4-5,14,16-19,28H2,1-3H3,(H,29,30). The molecule has 2 aromatic carbocycles. The van der Waals surface area contributed by atoms with Gasteiger partial charge in [0.15, 0.2) is 5.96 Å². The van der Waals surface area contributed by atoms with Gasteiger partial charge in [-0.3, -0.25) is 0 Å². The number of nitriles is 1. The maximum absolute atomic E-state index is 8.90.